The monoisotopic (exact) mass is 477 g/mol. The number of hydrogen-bond donors (Lipinski definition) is 3. The average molecular weight is 477 g/mol. The van der Waals surface area contributed by atoms with Gasteiger partial charge in [-0.3, -0.25) is 0 Å². The van der Waals surface area contributed by atoms with Gasteiger partial charge in [0.2, 0.25) is 0 Å². The van der Waals surface area contributed by atoms with Gasteiger partial charge in [0, 0.05) is 12.6 Å². The second kappa shape index (κ2) is 12.2. The molecule has 1 unspecified atom stereocenters. The van der Waals surface area contributed by atoms with E-state index < -0.39 is 0 Å². The number of guanidine groups is 1. The van der Waals surface area contributed by atoms with E-state index in [9.17, 15) is 5.11 Å². The first-order valence-corrected chi connectivity index (χ1v) is 9.15. The minimum atomic E-state index is -0.146. The summed E-state index contributed by atoms with van der Waals surface area (Å²) in [7, 11) is 1.64. The molecular weight excluding hydrogens is 445 g/mol. The molecule has 1 atom stereocenters. The maximum atomic E-state index is 9.62. The molecule has 0 spiro atoms. The van der Waals surface area contributed by atoms with Crippen molar-refractivity contribution >= 4 is 29.9 Å². The molecular formula is C19H32IN3O3. The molecule has 1 fully saturated rings. The highest BCUT2D eigenvalue weighted by atomic mass is 127. The van der Waals surface area contributed by atoms with E-state index in [1.807, 2.05) is 31.2 Å². The number of benzene rings is 1. The van der Waals surface area contributed by atoms with E-state index in [1.54, 1.807) is 7.11 Å². The van der Waals surface area contributed by atoms with Crippen LogP contribution in [0.5, 0.6) is 11.5 Å². The Morgan fingerprint density at radius 1 is 1.23 bits per heavy atom. The predicted molar refractivity (Wildman–Crippen MR) is 116 cm³/mol. The lowest BCUT2D eigenvalue weighted by molar-refractivity contribution is 0.120. The lowest BCUT2D eigenvalue weighted by atomic mass is 9.93. The van der Waals surface area contributed by atoms with Crippen LogP contribution >= 0.6 is 24.0 Å². The summed E-state index contributed by atoms with van der Waals surface area (Å²) in [6, 6.07) is 8.00. The molecule has 0 saturated heterocycles. The number of rotatable bonds is 7. The van der Waals surface area contributed by atoms with Crippen LogP contribution in [0.2, 0.25) is 0 Å². The summed E-state index contributed by atoms with van der Waals surface area (Å²) in [5, 5.41) is 16.4. The number of aliphatic imine (C=N–C) groups is 1. The summed E-state index contributed by atoms with van der Waals surface area (Å²) >= 11 is 0. The molecule has 7 heteroatoms. The highest BCUT2D eigenvalue weighted by molar-refractivity contribution is 14.0. The Bertz CT molecular complexity index is 549. The average Bonchev–Trinajstić information content (AvgIpc) is 2.62. The lowest BCUT2D eigenvalue weighted by Gasteiger charge is -2.27. The van der Waals surface area contributed by atoms with Gasteiger partial charge in [-0.2, -0.15) is 0 Å². The van der Waals surface area contributed by atoms with Crippen molar-refractivity contribution in [2.75, 3.05) is 20.2 Å². The molecule has 1 aromatic rings. The number of ether oxygens (including phenoxy) is 2. The van der Waals surface area contributed by atoms with Crippen molar-refractivity contribution in [3.8, 4) is 11.5 Å². The molecule has 0 heterocycles. The van der Waals surface area contributed by atoms with Gasteiger partial charge < -0.3 is 25.2 Å². The number of nitrogens with zero attached hydrogens (tertiary/aromatic N) is 1. The summed E-state index contributed by atoms with van der Waals surface area (Å²) in [6.45, 7) is 5.40. The Kier molecular flexibility index (Phi) is 10.7. The third-order valence-corrected chi connectivity index (χ3v) is 4.29. The smallest absolute Gasteiger partial charge is 0.191 e. The van der Waals surface area contributed by atoms with Gasteiger partial charge in [-0.25, -0.2) is 4.99 Å². The molecule has 1 aliphatic carbocycles. The molecule has 0 amide bonds. The number of hydrogen-bond acceptors (Lipinski definition) is 4. The summed E-state index contributed by atoms with van der Waals surface area (Å²) in [5.74, 6) is 2.26. The fraction of sp³-hybridized carbons (Fsp3) is 0.632. The van der Waals surface area contributed by atoms with E-state index in [2.05, 4.69) is 22.5 Å². The van der Waals surface area contributed by atoms with Crippen LogP contribution < -0.4 is 20.1 Å². The summed E-state index contributed by atoms with van der Waals surface area (Å²) in [4.78, 5) is 4.64. The van der Waals surface area contributed by atoms with Crippen LogP contribution in [0.1, 0.15) is 39.5 Å². The van der Waals surface area contributed by atoms with E-state index >= 15 is 0 Å². The van der Waals surface area contributed by atoms with Crippen LogP contribution in [-0.4, -0.2) is 49.5 Å². The Labute approximate surface area is 173 Å². The minimum absolute atomic E-state index is 0. The quantitative estimate of drug-likeness (QED) is 0.320. The van der Waals surface area contributed by atoms with Crippen molar-refractivity contribution in [1.29, 1.82) is 0 Å². The van der Waals surface area contributed by atoms with Crippen LogP contribution in [0.15, 0.2) is 29.3 Å². The molecule has 1 aliphatic rings. The zero-order valence-corrected chi connectivity index (χ0v) is 18.2. The first-order valence-electron chi connectivity index (χ1n) is 9.15. The van der Waals surface area contributed by atoms with Gasteiger partial charge in [-0.1, -0.05) is 12.1 Å². The molecule has 1 aromatic carbocycles. The first-order chi connectivity index (χ1) is 12.1. The Morgan fingerprint density at radius 3 is 2.50 bits per heavy atom. The third kappa shape index (κ3) is 7.57. The number of aliphatic hydroxyl groups excluding tert-OH is 1. The number of aliphatic hydroxyl groups is 1. The summed E-state index contributed by atoms with van der Waals surface area (Å²) in [5.41, 5.74) is 0. The van der Waals surface area contributed by atoms with Crippen molar-refractivity contribution in [2.45, 2.75) is 57.8 Å². The number of halogens is 1. The lowest BCUT2D eigenvalue weighted by Crippen LogP contribution is -2.45. The van der Waals surface area contributed by atoms with Crippen molar-refractivity contribution in [1.82, 2.24) is 10.6 Å². The molecule has 0 bridgehead atoms. The van der Waals surface area contributed by atoms with Crippen molar-refractivity contribution in [3.63, 3.8) is 0 Å². The second-order valence-electron chi connectivity index (χ2n) is 6.45. The number of methoxy groups -OCH3 is 1. The SMILES string of the molecule is CCNC(=NCC(C)Oc1ccccc1OC)NC1CCC(O)CC1.I. The topological polar surface area (TPSA) is 75.1 Å². The van der Waals surface area contributed by atoms with Crippen LogP contribution in [0.25, 0.3) is 0 Å². The van der Waals surface area contributed by atoms with Gasteiger partial charge in [0.25, 0.3) is 0 Å². The fourth-order valence-corrected chi connectivity index (χ4v) is 2.92. The minimum Gasteiger partial charge on any atom is -0.493 e. The van der Waals surface area contributed by atoms with E-state index in [4.69, 9.17) is 9.47 Å². The number of para-hydroxylation sites is 2. The van der Waals surface area contributed by atoms with Gasteiger partial charge in [-0.05, 0) is 51.7 Å². The van der Waals surface area contributed by atoms with Crippen LogP contribution in [0.3, 0.4) is 0 Å². The molecule has 3 N–H and O–H groups in total. The van der Waals surface area contributed by atoms with E-state index in [1.165, 1.54) is 0 Å². The van der Waals surface area contributed by atoms with Gasteiger partial charge in [-0.15, -0.1) is 24.0 Å². The Morgan fingerprint density at radius 2 is 1.88 bits per heavy atom. The maximum absolute atomic E-state index is 9.62. The second-order valence-corrected chi connectivity index (χ2v) is 6.45. The zero-order valence-electron chi connectivity index (χ0n) is 15.9. The zero-order chi connectivity index (χ0) is 18.1. The molecule has 0 aliphatic heterocycles. The van der Waals surface area contributed by atoms with Crippen molar-refractivity contribution < 1.29 is 14.6 Å². The number of nitrogens with one attached hydrogen (secondary N) is 2. The molecule has 0 aromatic heterocycles. The van der Waals surface area contributed by atoms with Crippen molar-refractivity contribution in [3.05, 3.63) is 24.3 Å². The molecule has 0 radical (unpaired) electrons. The summed E-state index contributed by atoms with van der Waals surface area (Å²) in [6.07, 6.45) is 3.43. The first kappa shape index (κ1) is 22.8. The standard InChI is InChI=1S/C19H31N3O3.HI/c1-4-20-19(22-15-9-11-16(23)12-10-15)21-13-14(2)25-18-8-6-5-7-17(18)24-3;/h5-8,14-16,23H,4,9-13H2,1-3H3,(H2,20,21,22);1H. The predicted octanol–water partition coefficient (Wildman–Crippen LogP) is 2.94. The van der Waals surface area contributed by atoms with Gasteiger partial charge in [0.1, 0.15) is 6.10 Å². The van der Waals surface area contributed by atoms with E-state index in [0.29, 0.717) is 12.6 Å². The van der Waals surface area contributed by atoms with Gasteiger partial charge in [0.05, 0.1) is 19.8 Å². The molecule has 26 heavy (non-hydrogen) atoms. The fourth-order valence-electron chi connectivity index (χ4n) is 2.92. The molecule has 2 rings (SSSR count). The third-order valence-electron chi connectivity index (χ3n) is 4.29. The normalized spacial score (nSPS) is 21.3. The highest BCUT2D eigenvalue weighted by Crippen LogP contribution is 2.26. The largest absolute Gasteiger partial charge is 0.493 e. The van der Waals surface area contributed by atoms with Crippen LogP contribution in [-0.2, 0) is 0 Å². The van der Waals surface area contributed by atoms with Crippen molar-refractivity contribution in [2.24, 2.45) is 4.99 Å². The molecule has 6 nitrogen and oxygen atoms in total. The highest BCUT2D eigenvalue weighted by Gasteiger charge is 2.20. The van der Waals surface area contributed by atoms with Crippen LogP contribution in [0, 0.1) is 0 Å². The Hall–Kier alpha value is -1.22. The molecule has 1 saturated carbocycles. The Balaban J connectivity index is 0.00000338. The summed E-state index contributed by atoms with van der Waals surface area (Å²) < 4.78 is 11.3. The van der Waals surface area contributed by atoms with Gasteiger partial charge in [0.15, 0.2) is 17.5 Å². The van der Waals surface area contributed by atoms with Gasteiger partial charge >= 0.3 is 0 Å². The van der Waals surface area contributed by atoms with Crippen LogP contribution in [0.4, 0.5) is 0 Å². The van der Waals surface area contributed by atoms with E-state index in [-0.39, 0.29) is 36.2 Å². The maximum Gasteiger partial charge on any atom is 0.191 e. The molecule has 148 valence electrons. The van der Waals surface area contributed by atoms with E-state index in [0.717, 1.165) is 49.7 Å².